The molecule has 0 unspecified atom stereocenters. The maximum Gasteiger partial charge on any atom is 0.280 e. The largest absolute Gasteiger partial charge is 0.464 e. The van der Waals surface area contributed by atoms with E-state index in [1.165, 1.54) is 12.4 Å². The summed E-state index contributed by atoms with van der Waals surface area (Å²) in [5.41, 5.74) is 1.21. The molecule has 4 aromatic rings. The molecule has 0 aromatic carbocycles. The van der Waals surface area contributed by atoms with Crippen molar-refractivity contribution in [3.8, 4) is 0 Å². The Bertz CT molecular complexity index is 1140. The Kier molecular flexibility index (Phi) is 3.96. The molecule has 1 fully saturated rings. The van der Waals surface area contributed by atoms with Crippen LogP contribution in [0.3, 0.4) is 0 Å². The average molecular weight is 384 g/mol. The van der Waals surface area contributed by atoms with Gasteiger partial charge in [0.15, 0.2) is 0 Å². The molecule has 0 amide bonds. The maximum absolute atomic E-state index is 13.4. The van der Waals surface area contributed by atoms with Gasteiger partial charge in [0.1, 0.15) is 23.4 Å². The molecule has 0 bridgehead atoms. The van der Waals surface area contributed by atoms with Gasteiger partial charge in [-0.1, -0.05) is 6.92 Å². The number of pyridine rings is 1. The molecule has 28 heavy (non-hydrogen) atoms. The molecule has 5 rings (SSSR count). The first kappa shape index (κ1) is 17.0. The van der Waals surface area contributed by atoms with Gasteiger partial charge in [-0.3, -0.25) is 0 Å². The molecular formula is C19H18F2N6O. The van der Waals surface area contributed by atoms with Crippen LogP contribution in [-0.4, -0.2) is 37.7 Å². The van der Waals surface area contributed by atoms with Crippen LogP contribution in [-0.2, 0) is 0 Å². The molecule has 0 saturated carbocycles. The van der Waals surface area contributed by atoms with Crippen LogP contribution in [0.25, 0.3) is 16.7 Å². The number of rotatable bonds is 3. The number of anilines is 1. The molecule has 0 radical (unpaired) electrons. The van der Waals surface area contributed by atoms with Crippen molar-refractivity contribution >= 4 is 22.6 Å². The van der Waals surface area contributed by atoms with E-state index in [2.05, 4.69) is 31.9 Å². The zero-order valence-electron chi connectivity index (χ0n) is 15.2. The van der Waals surface area contributed by atoms with E-state index in [1.54, 1.807) is 17.0 Å². The van der Waals surface area contributed by atoms with Gasteiger partial charge >= 0.3 is 0 Å². The summed E-state index contributed by atoms with van der Waals surface area (Å²) < 4.78 is 33.8. The minimum atomic E-state index is -2.66. The molecule has 1 aliphatic rings. The topological polar surface area (TPSA) is 72.3 Å². The first-order chi connectivity index (χ1) is 13.6. The van der Waals surface area contributed by atoms with Crippen molar-refractivity contribution in [2.75, 3.05) is 18.0 Å². The molecule has 0 N–H and O–H groups in total. The van der Waals surface area contributed by atoms with Crippen LogP contribution in [0.4, 0.5) is 14.6 Å². The third kappa shape index (κ3) is 2.69. The number of halogens is 2. The highest BCUT2D eigenvalue weighted by atomic mass is 19.3. The number of hydrogen-bond donors (Lipinski definition) is 0. The van der Waals surface area contributed by atoms with Crippen molar-refractivity contribution in [1.82, 2.24) is 24.6 Å². The summed E-state index contributed by atoms with van der Waals surface area (Å²) in [6.07, 6.45) is 2.97. The number of piperidine rings is 1. The summed E-state index contributed by atoms with van der Waals surface area (Å²) in [6.45, 7) is 3.61. The van der Waals surface area contributed by atoms with E-state index < -0.39 is 6.43 Å². The average Bonchev–Trinajstić information content (AvgIpc) is 3.36. The summed E-state index contributed by atoms with van der Waals surface area (Å²) in [7, 11) is 0. The Hall–Kier alpha value is -3.10. The van der Waals surface area contributed by atoms with Crippen LogP contribution in [0.15, 0.2) is 41.4 Å². The lowest BCUT2D eigenvalue weighted by Crippen LogP contribution is -2.39. The zero-order valence-corrected chi connectivity index (χ0v) is 15.2. The molecule has 1 saturated heterocycles. The van der Waals surface area contributed by atoms with E-state index in [1.807, 2.05) is 12.1 Å². The third-order valence-electron chi connectivity index (χ3n) is 5.52. The number of hydrogen-bond acceptors (Lipinski definition) is 6. The fourth-order valence-corrected chi connectivity index (χ4v) is 4.01. The molecule has 0 aliphatic carbocycles. The van der Waals surface area contributed by atoms with Crippen molar-refractivity contribution < 1.29 is 13.2 Å². The van der Waals surface area contributed by atoms with Crippen LogP contribution >= 0.6 is 0 Å². The standard InChI is InChI=1S/C19H18F2N6O/c1-11-3-6-26(18-12-4-7-28-16(12)2-5-22-18)9-13(11)15-8-14(17(20)21)25-19-23-10-24-27(15)19/h2,4-5,7-8,10-11,13,17H,3,6,9H2,1H3/t11-,13-/m1/s1. The Balaban J connectivity index is 1.57. The molecule has 2 atom stereocenters. The number of furan rings is 1. The summed E-state index contributed by atoms with van der Waals surface area (Å²) >= 11 is 0. The first-order valence-corrected chi connectivity index (χ1v) is 9.17. The predicted molar refractivity (Wildman–Crippen MR) is 98.5 cm³/mol. The second-order valence-electron chi connectivity index (χ2n) is 7.16. The van der Waals surface area contributed by atoms with E-state index in [4.69, 9.17) is 4.42 Å². The van der Waals surface area contributed by atoms with Gasteiger partial charge in [0.05, 0.1) is 17.3 Å². The smallest absolute Gasteiger partial charge is 0.280 e. The van der Waals surface area contributed by atoms with Crippen molar-refractivity contribution in [2.24, 2.45) is 5.92 Å². The van der Waals surface area contributed by atoms with Gasteiger partial charge in [-0.05, 0) is 30.5 Å². The highest BCUT2D eigenvalue weighted by Crippen LogP contribution is 2.36. The number of fused-ring (bicyclic) bond motifs is 2. The lowest BCUT2D eigenvalue weighted by atomic mass is 9.84. The van der Waals surface area contributed by atoms with Gasteiger partial charge in [0.2, 0.25) is 0 Å². The summed E-state index contributed by atoms with van der Waals surface area (Å²) in [5, 5.41) is 5.17. The van der Waals surface area contributed by atoms with E-state index in [9.17, 15) is 8.78 Å². The third-order valence-corrected chi connectivity index (χ3v) is 5.52. The molecule has 7 nitrogen and oxygen atoms in total. The summed E-state index contributed by atoms with van der Waals surface area (Å²) in [6, 6.07) is 5.20. The fourth-order valence-electron chi connectivity index (χ4n) is 4.01. The number of alkyl halides is 2. The van der Waals surface area contributed by atoms with Crippen LogP contribution in [0.1, 0.15) is 37.1 Å². The Labute approximate surface area is 159 Å². The highest BCUT2D eigenvalue weighted by Gasteiger charge is 2.32. The van der Waals surface area contributed by atoms with Crippen LogP contribution in [0, 0.1) is 5.92 Å². The Morgan fingerprint density at radius 2 is 2.14 bits per heavy atom. The molecule has 4 aromatic heterocycles. The minimum absolute atomic E-state index is 0.0117. The van der Waals surface area contributed by atoms with E-state index in [-0.39, 0.29) is 17.4 Å². The summed E-state index contributed by atoms with van der Waals surface area (Å²) in [4.78, 5) is 14.7. The quantitative estimate of drug-likeness (QED) is 0.535. The van der Waals surface area contributed by atoms with Crippen LogP contribution in [0.2, 0.25) is 0 Å². The highest BCUT2D eigenvalue weighted by molar-refractivity contribution is 5.88. The summed E-state index contributed by atoms with van der Waals surface area (Å²) in [5.74, 6) is 1.33. The molecule has 0 spiro atoms. The lowest BCUT2D eigenvalue weighted by molar-refractivity contribution is 0.146. The van der Waals surface area contributed by atoms with Gasteiger partial charge in [-0.25, -0.2) is 23.3 Å². The van der Waals surface area contributed by atoms with Gasteiger partial charge in [0.25, 0.3) is 12.2 Å². The van der Waals surface area contributed by atoms with E-state index >= 15 is 0 Å². The maximum atomic E-state index is 13.4. The predicted octanol–water partition coefficient (Wildman–Crippen LogP) is 3.83. The van der Waals surface area contributed by atoms with Gasteiger partial charge < -0.3 is 9.32 Å². The Morgan fingerprint density at radius 1 is 1.25 bits per heavy atom. The van der Waals surface area contributed by atoms with E-state index in [0.717, 1.165) is 29.8 Å². The minimum Gasteiger partial charge on any atom is -0.464 e. The zero-order chi connectivity index (χ0) is 19.3. The second-order valence-corrected chi connectivity index (χ2v) is 7.16. The molecule has 5 heterocycles. The lowest BCUT2D eigenvalue weighted by Gasteiger charge is -2.38. The normalized spacial score (nSPS) is 20.5. The van der Waals surface area contributed by atoms with Gasteiger partial charge in [-0.2, -0.15) is 10.1 Å². The van der Waals surface area contributed by atoms with Crippen LogP contribution in [0.5, 0.6) is 0 Å². The van der Waals surface area contributed by atoms with Crippen molar-refractivity contribution in [2.45, 2.75) is 25.7 Å². The Morgan fingerprint density at radius 3 is 3.00 bits per heavy atom. The van der Waals surface area contributed by atoms with Crippen molar-refractivity contribution in [3.05, 3.63) is 48.4 Å². The van der Waals surface area contributed by atoms with Crippen molar-refractivity contribution in [3.63, 3.8) is 0 Å². The van der Waals surface area contributed by atoms with Gasteiger partial charge in [0, 0.05) is 25.2 Å². The molecule has 9 heteroatoms. The van der Waals surface area contributed by atoms with E-state index in [0.29, 0.717) is 18.2 Å². The fraction of sp³-hybridized carbons (Fsp3) is 0.368. The second kappa shape index (κ2) is 6.50. The first-order valence-electron chi connectivity index (χ1n) is 9.17. The number of aromatic nitrogens is 5. The SMILES string of the molecule is C[C@@H]1CCN(c2nccc3occc23)C[C@H]1c1cc(C(F)F)nc2ncnn12. The molecule has 1 aliphatic heterocycles. The van der Waals surface area contributed by atoms with Gasteiger partial charge in [-0.15, -0.1) is 0 Å². The van der Waals surface area contributed by atoms with Crippen molar-refractivity contribution in [1.29, 1.82) is 0 Å². The molecule has 144 valence electrons. The number of nitrogens with zero attached hydrogens (tertiary/aromatic N) is 6. The monoisotopic (exact) mass is 384 g/mol. The molecular weight excluding hydrogens is 366 g/mol. The van der Waals surface area contributed by atoms with Crippen LogP contribution < -0.4 is 4.90 Å².